The third-order valence-electron chi connectivity index (χ3n) is 3.81. The van der Waals surface area contributed by atoms with Gasteiger partial charge < -0.3 is 9.47 Å². The molecular weight excluding hydrogens is 283 g/mol. The number of halogens is 3. The van der Waals surface area contributed by atoms with Gasteiger partial charge in [0.15, 0.2) is 0 Å². The quantitative estimate of drug-likeness (QED) is 0.861. The van der Waals surface area contributed by atoms with Crippen molar-refractivity contribution in [2.24, 2.45) is 5.92 Å². The second-order valence-corrected chi connectivity index (χ2v) is 5.79. The Kier molecular flexibility index (Phi) is 4.58. The van der Waals surface area contributed by atoms with E-state index in [0.717, 1.165) is 5.82 Å². The summed E-state index contributed by atoms with van der Waals surface area (Å²) in [4.78, 5) is 17.7. The highest BCUT2D eigenvalue weighted by atomic mass is 19.4. The average Bonchev–Trinajstić information content (AvgIpc) is 2.86. The molecule has 21 heavy (non-hydrogen) atoms. The van der Waals surface area contributed by atoms with Gasteiger partial charge in [0, 0.05) is 31.4 Å². The molecule has 1 aromatic rings. The van der Waals surface area contributed by atoms with Gasteiger partial charge in [0.2, 0.25) is 5.91 Å². The van der Waals surface area contributed by atoms with E-state index in [1.807, 2.05) is 13.8 Å². The Morgan fingerprint density at radius 3 is 2.81 bits per heavy atom. The van der Waals surface area contributed by atoms with Crippen LogP contribution in [0.5, 0.6) is 0 Å². The van der Waals surface area contributed by atoms with Gasteiger partial charge >= 0.3 is 6.18 Å². The molecule has 0 N–H and O–H groups in total. The maximum atomic E-state index is 12.8. The molecule has 1 saturated heterocycles. The third kappa shape index (κ3) is 3.77. The van der Waals surface area contributed by atoms with E-state index in [-0.39, 0.29) is 31.3 Å². The molecular formula is C14H20F3N3O. The number of carbonyl (C=O) groups is 1. The van der Waals surface area contributed by atoms with Gasteiger partial charge in [0.05, 0.1) is 5.92 Å². The van der Waals surface area contributed by atoms with Crippen LogP contribution in [0.25, 0.3) is 0 Å². The summed E-state index contributed by atoms with van der Waals surface area (Å²) in [6, 6.07) is 0. The molecule has 0 spiro atoms. The Labute approximate surface area is 121 Å². The first-order valence-electron chi connectivity index (χ1n) is 7.14. The molecule has 1 amide bonds. The fourth-order valence-corrected chi connectivity index (χ4v) is 2.67. The predicted molar refractivity (Wildman–Crippen MR) is 71.7 cm³/mol. The van der Waals surface area contributed by atoms with Crippen LogP contribution < -0.4 is 0 Å². The first-order valence-corrected chi connectivity index (χ1v) is 7.14. The van der Waals surface area contributed by atoms with Crippen LogP contribution in [0.2, 0.25) is 0 Å². The molecule has 1 fully saturated rings. The number of hydrogen-bond donors (Lipinski definition) is 0. The van der Waals surface area contributed by atoms with Crippen molar-refractivity contribution in [2.75, 3.05) is 13.1 Å². The summed E-state index contributed by atoms with van der Waals surface area (Å²) >= 11 is 0. The number of likely N-dealkylation sites (tertiary alicyclic amines) is 1. The zero-order chi connectivity index (χ0) is 15.6. The molecule has 118 valence electrons. The molecule has 0 bridgehead atoms. The van der Waals surface area contributed by atoms with Crippen LogP contribution in [0, 0.1) is 5.92 Å². The molecule has 0 aliphatic carbocycles. The monoisotopic (exact) mass is 303 g/mol. The summed E-state index contributed by atoms with van der Waals surface area (Å²) in [6.45, 7) is 4.15. The van der Waals surface area contributed by atoms with Crippen LogP contribution >= 0.6 is 0 Å². The van der Waals surface area contributed by atoms with Gasteiger partial charge in [-0.15, -0.1) is 0 Å². The minimum Gasteiger partial charge on any atom is -0.341 e. The van der Waals surface area contributed by atoms with Crippen molar-refractivity contribution in [2.45, 2.75) is 45.3 Å². The lowest BCUT2D eigenvalue weighted by Gasteiger charge is -2.34. The largest absolute Gasteiger partial charge is 0.393 e. The molecule has 1 aliphatic heterocycles. The van der Waals surface area contributed by atoms with Crippen molar-refractivity contribution < 1.29 is 18.0 Å². The maximum Gasteiger partial charge on any atom is 0.393 e. The second kappa shape index (κ2) is 6.07. The van der Waals surface area contributed by atoms with E-state index in [2.05, 4.69) is 4.98 Å². The first-order chi connectivity index (χ1) is 9.79. The van der Waals surface area contributed by atoms with Gasteiger partial charge in [-0.2, -0.15) is 13.2 Å². The van der Waals surface area contributed by atoms with Crippen LogP contribution in [-0.2, 0) is 11.3 Å². The Balaban J connectivity index is 2.01. The molecule has 1 aliphatic rings. The number of aromatic nitrogens is 2. The SMILES string of the molecule is CC(C)c1nccn1CC(=O)N1CCC[C@@H](C(F)(F)F)C1. The van der Waals surface area contributed by atoms with Crippen molar-refractivity contribution in [3.8, 4) is 0 Å². The summed E-state index contributed by atoms with van der Waals surface area (Å²) < 4.78 is 40.0. The molecule has 0 unspecified atom stereocenters. The Morgan fingerprint density at radius 1 is 1.48 bits per heavy atom. The van der Waals surface area contributed by atoms with Crippen molar-refractivity contribution in [3.63, 3.8) is 0 Å². The lowest BCUT2D eigenvalue weighted by Crippen LogP contribution is -2.45. The number of nitrogens with zero attached hydrogens (tertiary/aromatic N) is 3. The molecule has 1 aromatic heterocycles. The lowest BCUT2D eigenvalue weighted by atomic mass is 9.97. The standard InChI is InChI=1S/C14H20F3N3O/c1-10(2)13-18-5-7-20(13)9-12(21)19-6-3-4-11(8-19)14(15,16)17/h5,7,10-11H,3-4,6,8-9H2,1-2H3/t11-/m1/s1. The zero-order valence-corrected chi connectivity index (χ0v) is 12.2. The summed E-state index contributed by atoms with van der Waals surface area (Å²) in [7, 11) is 0. The van der Waals surface area contributed by atoms with Crippen LogP contribution in [0.4, 0.5) is 13.2 Å². The number of imidazole rings is 1. The predicted octanol–water partition coefficient (Wildman–Crippen LogP) is 2.81. The van der Waals surface area contributed by atoms with Crippen LogP contribution in [-0.4, -0.2) is 39.6 Å². The normalized spacial score (nSPS) is 20.1. The minimum atomic E-state index is -4.23. The molecule has 0 aromatic carbocycles. The summed E-state index contributed by atoms with van der Waals surface area (Å²) in [6.07, 6.45) is -0.417. The summed E-state index contributed by atoms with van der Waals surface area (Å²) in [5, 5.41) is 0. The smallest absolute Gasteiger partial charge is 0.341 e. The minimum absolute atomic E-state index is 0.0537. The number of alkyl halides is 3. The van der Waals surface area contributed by atoms with Gasteiger partial charge in [-0.3, -0.25) is 4.79 Å². The summed E-state index contributed by atoms with van der Waals surface area (Å²) in [5.74, 6) is -0.740. The number of amides is 1. The molecule has 1 atom stereocenters. The van der Waals surface area contributed by atoms with Gasteiger partial charge in [-0.1, -0.05) is 13.8 Å². The molecule has 4 nitrogen and oxygen atoms in total. The van der Waals surface area contributed by atoms with Gasteiger partial charge in [-0.05, 0) is 12.8 Å². The van der Waals surface area contributed by atoms with Gasteiger partial charge in [0.25, 0.3) is 0 Å². The maximum absolute atomic E-state index is 12.8. The fraction of sp³-hybridized carbons (Fsp3) is 0.714. The Hall–Kier alpha value is -1.53. The topological polar surface area (TPSA) is 38.1 Å². The number of piperidine rings is 1. The Morgan fingerprint density at radius 2 is 2.19 bits per heavy atom. The lowest BCUT2D eigenvalue weighted by molar-refractivity contribution is -0.188. The van der Waals surface area contributed by atoms with Crippen LogP contribution in [0.1, 0.15) is 38.4 Å². The van der Waals surface area contributed by atoms with E-state index in [0.29, 0.717) is 13.0 Å². The van der Waals surface area contributed by atoms with E-state index in [1.54, 1.807) is 17.0 Å². The third-order valence-corrected chi connectivity index (χ3v) is 3.81. The number of hydrogen-bond acceptors (Lipinski definition) is 2. The van der Waals surface area contributed by atoms with E-state index in [9.17, 15) is 18.0 Å². The average molecular weight is 303 g/mol. The second-order valence-electron chi connectivity index (χ2n) is 5.79. The molecule has 2 heterocycles. The highest BCUT2D eigenvalue weighted by Gasteiger charge is 2.42. The highest BCUT2D eigenvalue weighted by Crippen LogP contribution is 2.33. The highest BCUT2D eigenvalue weighted by molar-refractivity contribution is 5.76. The van der Waals surface area contributed by atoms with Crippen molar-refractivity contribution in [1.82, 2.24) is 14.5 Å². The van der Waals surface area contributed by atoms with Crippen molar-refractivity contribution >= 4 is 5.91 Å². The number of carbonyl (C=O) groups excluding carboxylic acids is 1. The van der Waals surface area contributed by atoms with E-state index in [1.165, 1.54) is 4.90 Å². The van der Waals surface area contributed by atoms with Gasteiger partial charge in [0.1, 0.15) is 12.4 Å². The van der Waals surface area contributed by atoms with Crippen molar-refractivity contribution in [1.29, 1.82) is 0 Å². The van der Waals surface area contributed by atoms with Crippen LogP contribution in [0.15, 0.2) is 12.4 Å². The fourth-order valence-electron chi connectivity index (χ4n) is 2.67. The van der Waals surface area contributed by atoms with E-state index >= 15 is 0 Å². The van der Waals surface area contributed by atoms with Crippen LogP contribution in [0.3, 0.4) is 0 Å². The van der Waals surface area contributed by atoms with Gasteiger partial charge in [-0.25, -0.2) is 4.98 Å². The molecule has 7 heteroatoms. The molecule has 0 saturated carbocycles. The zero-order valence-electron chi connectivity index (χ0n) is 12.2. The molecule has 2 rings (SSSR count). The van der Waals surface area contributed by atoms with E-state index < -0.39 is 12.1 Å². The molecule has 0 radical (unpaired) electrons. The Bertz CT molecular complexity index is 496. The summed E-state index contributed by atoms with van der Waals surface area (Å²) in [5.41, 5.74) is 0. The number of rotatable bonds is 3. The van der Waals surface area contributed by atoms with E-state index in [4.69, 9.17) is 0 Å². The first kappa shape index (κ1) is 15.9. The van der Waals surface area contributed by atoms with Crippen molar-refractivity contribution in [3.05, 3.63) is 18.2 Å².